The minimum atomic E-state index is -0.675. The largest absolute Gasteiger partial charge is 0.486 e. The van der Waals surface area contributed by atoms with Gasteiger partial charge in [0.1, 0.15) is 26.4 Å². The van der Waals surface area contributed by atoms with Crippen LogP contribution < -0.4 is 9.47 Å². The molecule has 0 heterocycles. The first kappa shape index (κ1) is 38.2. The highest BCUT2D eigenvalue weighted by Crippen LogP contribution is 2.43. The standard InChI is InChI=1S/C41H56O8/c1-4-5-6-7-31-8-10-32(11-9-31)33-12-14-34(15-13-33)35-16-18-36(19-17-35)37-20-21-38(46-22-24-48-40(44)29(2)27-42)39(26-37)47-23-25-49-41(45)30(3)28-43/h12-15,20-21,26,31-32,35-36,42-43H,2-11,16-19,22-25,27-28H2,1H3. The number of hydrogen-bond donors (Lipinski definition) is 2. The van der Waals surface area contributed by atoms with Gasteiger partial charge in [0.15, 0.2) is 11.5 Å². The zero-order valence-corrected chi connectivity index (χ0v) is 29.3. The molecule has 0 saturated heterocycles. The van der Waals surface area contributed by atoms with Crippen LogP contribution in [0.2, 0.25) is 0 Å². The van der Waals surface area contributed by atoms with Gasteiger partial charge in [-0.25, -0.2) is 9.59 Å². The quantitative estimate of drug-likeness (QED) is 0.0877. The van der Waals surface area contributed by atoms with E-state index in [-0.39, 0.29) is 37.6 Å². The van der Waals surface area contributed by atoms with Crippen molar-refractivity contribution in [1.29, 1.82) is 0 Å². The van der Waals surface area contributed by atoms with Gasteiger partial charge in [0.05, 0.1) is 24.4 Å². The summed E-state index contributed by atoms with van der Waals surface area (Å²) < 4.78 is 22.1. The van der Waals surface area contributed by atoms with E-state index < -0.39 is 25.2 Å². The Bertz CT molecular complexity index is 1350. The highest BCUT2D eigenvalue weighted by Gasteiger charge is 2.26. The lowest BCUT2D eigenvalue weighted by Crippen LogP contribution is -2.17. The first-order valence-corrected chi connectivity index (χ1v) is 18.2. The number of esters is 2. The highest BCUT2D eigenvalue weighted by molar-refractivity contribution is 5.88. The van der Waals surface area contributed by atoms with Crippen LogP contribution in [0.3, 0.4) is 0 Å². The number of carbonyl (C=O) groups excluding carboxylic acids is 2. The maximum atomic E-state index is 11.9. The number of hydrogen-bond acceptors (Lipinski definition) is 8. The first-order valence-electron chi connectivity index (χ1n) is 18.2. The average Bonchev–Trinajstić information content (AvgIpc) is 3.15. The van der Waals surface area contributed by atoms with Crippen LogP contribution in [0.4, 0.5) is 0 Å². The molecule has 0 aromatic heterocycles. The summed E-state index contributed by atoms with van der Waals surface area (Å²) in [5, 5.41) is 18.1. The van der Waals surface area contributed by atoms with Crippen LogP contribution >= 0.6 is 0 Å². The van der Waals surface area contributed by atoms with Crippen molar-refractivity contribution in [2.24, 2.45) is 5.92 Å². The summed E-state index contributed by atoms with van der Waals surface area (Å²) >= 11 is 0. The molecule has 8 nitrogen and oxygen atoms in total. The Morgan fingerprint density at radius 2 is 1.08 bits per heavy atom. The summed E-state index contributed by atoms with van der Waals surface area (Å²) in [6.45, 7) is 8.40. The number of aliphatic hydroxyl groups is 2. The minimum absolute atomic E-state index is 0.0212. The molecule has 4 rings (SSSR count). The third kappa shape index (κ3) is 11.7. The fourth-order valence-electron chi connectivity index (χ4n) is 7.18. The van der Waals surface area contributed by atoms with Gasteiger partial charge in [-0.1, -0.05) is 76.1 Å². The molecule has 0 radical (unpaired) electrons. The van der Waals surface area contributed by atoms with E-state index in [9.17, 15) is 9.59 Å². The van der Waals surface area contributed by atoms with Crippen molar-refractivity contribution in [3.63, 3.8) is 0 Å². The summed E-state index contributed by atoms with van der Waals surface area (Å²) in [4.78, 5) is 23.6. The van der Waals surface area contributed by atoms with E-state index in [4.69, 9.17) is 29.2 Å². The van der Waals surface area contributed by atoms with Gasteiger partial charge < -0.3 is 29.2 Å². The van der Waals surface area contributed by atoms with Gasteiger partial charge >= 0.3 is 11.9 Å². The van der Waals surface area contributed by atoms with Crippen LogP contribution in [0.1, 0.15) is 118 Å². The lowest BCUT2D eigenvalue weighted by atomic mass is 9.75. The van der Waals surface area contributed by atoms with Gasteiger partial charge in [-0.15, -0.1) is 0 Å². The number of benzene rings is 2. The van der Waals surface area contributed by atoms with Crippen LogP contribution in [0.15, 0.2) is 66.8 Å². The van der Waals surface area contributed by atoms with Crippen LogP contribution in [0.25, 0.3) is 0 Å². The fraction of sp³-hybridized carbons (Fsp3) is 0.561. The Balaban J connectivity index is 1.30. The predicted octanol–water partition coefficient (Wildman–Crippen LogP) is 7.92. The Morgan fingerprint density at radius 1 is 0.633 bits per heavy atom. The van der Waals surface area contributed by atoms with E-state index in [0.29, 0.717) is 29.3 Å². The Kier molecular flexibility index (Phi) is 15.7. The van der Waals surface area contributed by atoms with E-state index >= 15 is 0 Å². The third-order valence-electron chi connectivity index (χ3n) is 10.2. The molecule has 2 aromatic carbocycles. The van der Waals surface area contributed by atoms with E-state index in [1.807, 2.05) is 12.1 Å². The molecule has 0 unspecified atom stereocenters. The van der Waals surface area contributed by atoms with E-state index in [1.165, 1.54) is 62.5 Å². The van der Waals surface area contributed by atoms with Crippen molar-refractivity contribution >= 4 is 11.9 Å². The summed E-state index contributed by atoms with van der Waals surface area (Å²) in [5.41, 5.74) is 4.08. The fourth-order valence-corrected chi connectivity index (χ4v) is 7.18. The molecule has 2 N–H and O–H groups in total. The molecule has 2 aliphatic carbocycles. The summed E-state index contributed by atoms with van der Waals surface area (Å²) in [5.74, 6) is 2.23. The molecule has 0 bridgehead atoms. The van der Waals surface area contributed by atoms with Crippen LogP contribution in [-0.2, 0) is 19.1 Å². The van der Waals surface area contributed by atoms with Gasteiger partial charge in [0.25, 0.3) is 0 Å². The first-order chi connectivity index (χ1) is 23.8. The predicted molar refractivity (Wildman–Crippen MR) is 191 cm³/mol. The third-order valence-corrected chi connectivity index (χ3v) is 10.2. The Labute approximate surface area is 292 Å². The van der Waals surface area contributed by atoms with Gasteiger partial charge in [0, 0.05) is 0 Å². The average molecular weight is 677 g/mol. The van der Waals surface area contributed by atoms with Crippen LogP contribution in [0.5, 0.6) is 11.5 Å². The molecule has 2 aliphatic rings. The molecule has 2 saturated carbocycles. The molecule has 8 heteroatoms. The van der Waals surface area contributed by atoms with Crippen LogP contribution in [0, 0.1) is 5.92 Å². The summed E-state index contributed by atoms with van der Waals surface area (Å²) in [6, 6.07) is 15.5. The van der Waals surface area contributed by atoms with E-state index in [0.717, 1.165) is 37.2 Å². The second-order valence-corrected chi connectivity index (χ2v) is 13.6. The van der Waals surface area contributed by atoms with Crippen LogP contribution in [-0.4, -0.2) is 61.8 Å². The van der Waals surface area contributed by atoms with Crippen molar-refractivity contribution in [2.45, 2.75) is 102 Å². The van der Waals surface area contributed by atoms with Crippen molar-refractivity contribution in [3.05, 3.63) is 83.5 Å². The van der Waals surface area contributed by atoms with Crippen molar-refractivity contribution < 1.29 is 38.7 Å². The van der Waals surface area contributed by atoms with Crippen molar-refractivity contribution in [2.75, 3.05) is 39.6 Å². The molecule has 0 aliphatic heterocycles. The summed E-state index contributed by atoms with van der Waals surface area (Å²) in [7, 11) is 0. The zero-order valence-electron chi connectivity index (χ0n) is 29.3. The number of ether oxygens (including phenoxy) is 4. The lowest BCUT2D eigenvalue weighted by molar-refractivity contribution is -0.141. The molecule has 49 heavy (non-hydrogen) atoms. The SMILES string of the molecule is C=C(CO)C(=O)OCCOc1ccc(C2CCC(c3ccc(C4CCC(CCCCC)CC4)cc3)CC2)cc1OCCOC(=O)C(=C)CO. The zero-order chi connectivity index (χ0) is 35.0. The maximum absolute atomic E-state index is 11.9. The maximum Gasteiger partial charge on any atom is 0.335 e. The smallest absolute Gasteiger partial charge is 0.335 e. The second kappa shape index (κ2) is 20.1. The Hall–Kier alpha value is -3.62. The molecular weight excluding hydrogens is 620 g/mol. The van der Waals surface area contributed by atoms with E-state index in [2.05, 4.69) is 50.4 Å². The Morgan fingerprint density at radius 3 is 1.57 bits per heavy atom. The molecule has 2 aromatic rings. The molecule has 268 valence electrons. The number of unbranched alkanes of at least 4 members (excludes halogenated alkanes) is 2. The molecular formula is C41H56O8. The van der Waals surface area contributed by atoms with Crippen molar-refractivity contribution in [3.8, 4) is 11.5 Å². The number of carbonyl (C=O) groups is 2. The van der Waals surface area contributed by atoms with E-state index in [1.54, 1.807) is 0 Å². The number of rotatable bonds is 19. The second-order valence-electron chi connectivity index (χ2n) is 13.6. The summed E-state index contributed by atoms with van der Waals surface area (Å²) in [6.07, 6.45) is 15.3. The van der Waals surface area contributed by atoms with Gasteiger partial charge in [0.2, 0.25) is 0 Å². The normalized spacial score (nSPS) is 20.6. The van der Waals surface area contributed by atoms with Crippen molar-refractivity contribution in [1.82, 2.24) is 0 Å². The molecule has 2 fully saturated rings. The number of aliphatic hydroxyl groups excluding tert-OH is 2. The monoisotopic (exact) mass is 676 g/mol. The topological polar surface area (TPSA) is 112 Å². The minimum Gasteiger partial charge on any atom is -0.486 e. The molecule has 0 amide bonds. The van der Waals surface area contributed by atoms with Gasteiger partial charge in [-0.3, -0.25) is 0 Å². The highest BCUT2D eigenvalue weighted by atomic mass is 16.6. The van der Waals surface area contributed by atoms with Gasteiger partial charge in [-0.05, 0) is 104 Å². The lowest BCUT2D eigenvalue weighted by Gasteiger charge is -2.31. The molecule has 0 atom stereocenters. The molecule has 0 spiro atoms. The van der Waals surface area contributed by atoms with Gasteiger partial charge in [-0.2, -0.15) is 0 Å².